The molecule has 104 valence electrons. The van der Waals surface area contributed by atoms with Crippen molar-refractivity contribution in [3.63, 3.8) is 0 Å². The average Bonchev–Trinajstić information content (AvgIpc) is 3.09. The van der Waals surface area contributed by atoms with Gasteiger partial charge in [-0.3, -0.25) is 0 Å². The van der Waals surface area contributed by atoms with E-state index < -0.39 is 0 Å². The summed E-state index contributed by atoms with van der Waals surface area (Å²) in [5.74, 6) is 1.35. The maximum Gasteiger partial charge on any atom is 0.151 e. The Morgan fingerprint density at radius 1 is 1.45 bits per heavy atom. The molecule has 3 aromatic heterocycles. The molecule has 0 aliphatic heterocycles. The normalized spacial score (nSPS) is 10.9. The molecule has 3 rings (SSSR count). The Kier molecular flexibility index (Phi) is 3.36. The summed E-state index contributed by atoms with van der Waals surface area (Å²) in [7, 11) is 1.91. The highest BCUT2D eigenvalue weighted by Crippen LogP contribution is 2.38. The van der Waals surface area contributed by atoms with E-state index in [9.17, 15) is 0 Å². The van der Waals surface area contributed by atoms with E-state index in [-0.39, 0.29) is 0 Å². The Morgan fingerprint density at radius 3 is 2.95 bits per heavy atom. The summed E-state index contributed by atoms with van der Waals surface area (Å²) in [6.07, 6.45) is 1.67. The van der Waals surface area contributed by atoms with Crippen LogP contribution in [0.1, 0.15) is 11.5 Å². The minimum atomic E-state index is 0.504. The molecule has 0 aliphatic rings. The smallest absolute Gasteiger partial charge is 0.151 e. The zero-order valence-electron chi connectivity index (χ0n) is 11.0. The third-order valence-electron chi connectivity index (χ3n) is 2.76. The Balaban J connectivity index is 1.86. The zero-order chi connectivity index (χ0) is 14.1. The topological polar surface area (TPSA) is 94.5 Å². The van der Waals surface area contributed by atoms with Crippen LogP contribution in [0.2, 0.25) is 0 Å². The lowest BCUT2D eigenvalue weighted by Crippen LogP contribution is -2.05. The third kappa shape index (κ3) is 2.37. The number of rotatable bonds is 4. The van der Waals surface area contributed by atoms with E-state index >= 15 is 0 Å². The molecule has 0 amide bonds. The quantitative estimate of drug-likeness (QED) is 0.764. The molecule has 0 saturated carbocycles. The van der Waals surface area contributed by atoms with Gasteiger partial charge in [-0.2, -0.15) is 4.37 Å². The predicted molar refractivity (Wildman–Crippen MR) is 80.7 cm³/mol. The molecule has 0 atom stereocenters. The van der Waals surface area contributed by atoms with Crippen LogP contribution in [0.5, 0.6) is 0 Å². The summed E-state index contributed by atoms with van der Waals surface area (Å²) in [5, 5.41) is 15.0. The number of hydrogen-bond donors (Lipinski definition) is 2. The lowest BCUT2D eigenvalue weighted by atomic mass is 10.3. The molecular weight excluding hydrogens is 294 g/mol. The first kappa shape index (κ1) is 13.0. The van der Waals surface area contributed by atoms with Gasteiger partial charge in [0.25, 0.3) is 0 Å². The molecule has 0 fully saturated rings. The molecule has 0 spiro atoms. The number of nitrogens with two attached hydrogens (primary N) is 1. The fourth-order valence-electron chi connectivity index (χ4n) is 1.73. The Bertz CT molecular complexity index is 727. The molecule has 0 radical (unpaired) electrons. The summed E-state index contributed by atoms with van der Waals surface area (Å²) < 4.78 is 6.07. The van der Waals surface area contributed by atoms with Crippen LogP contribution in [0.4, 0.5) is 10.8 Å². The number of anilines is 2. The highest BCUT2D eigenvalue weighted by molar-refractivity contribution is 7.15. The summed E-state index contributed by atoms with van der Waals surface area (Å²) in [6.45, 7) is 2.53. The van der Waals surface area contributed by atoms with Crippen LogP contribution >= 0.6 is 22.9 Å². The van der Waals surface area contributed by atoms with E-state index in [1.54, 1.807) is 17.7 Å². The van der Waals surface area contributed by atoms with Crippen molar-refractivity contribution < 1.29 is 0 Å². The lowest BCUT2D eigenvalue weighted by molar-refractivity contribution is 0.813. The van der Waals surface area contributed by atoms with Gasteiger partial charge >= 0.3 is 0 Å². The molecular formula is C11H13N7S2. The molecule has 7 nitrogen and oxygen atoms in total. The van der Waals surface area contributed by atoms with Gasteiger partial charge in [-0.15, -0.1) is 21.5 Å². The van der Waals surface area contributed by atoms with Crippen molar-refractivity contribution in [1.29, 1.82) is 0 Å². The largest absolute Gasteiger partial charge is 0.382 e. The number of hydrogen-bond acceptors (Lipinski definition) is 8. The van der Waals surface area contributed by atoms with Gasteiger partial charge in [-0.25, -0.2) is 4.98 Å². The van der Waals surface area contributed by atoms with Gasteiger partial charge in [0.2, 0.25) is 0 Å². The molecule has 3 N–H and O–H groups in total. The molecule has 0 bridgehead atoms. The number of thiazole rings is 1. The Morgan fingerprint density at radius 2 is 2.30 bits per heavy atom. The van der Waals surface area contributed by atoms with Crippen LogP contribution < -0.4 is 11.1 Å². The highest BCUT2D eigenvalue weighted by atomic mass is 32.1. The second-order valence-corrected chi connectivity index (χ2v) is 5.91. The lowest BCUT2D eigenvalue weighted by Gasteiger charge is -2.04. The second kappa shape index (κ2) is 5.17. The molecule has 0 aliphatic carbocycles. The van der Waals surface area contributed by atoms with E-state index in [4.69, 9.17) is 5.73 Å². The van der Waals surface area contributed by atoms with Crippen LogP contribution in [-0.4, -0.2) is 24.1 Å². The minimum absolute atomic E-state index is 0.504. The van der Waals surface area contributed by atoms with Crippen LogP contribution in [0.15, 0.2) is 11.7 Å². The van der Waals surface area contributed by atoms with Crippen LogP contribution in [0.3, 0.4) is 0 Å². The van der Waals surface area contributed by atoms with E-state index in [1.807, 2.05) is 23.9 Å². The first-order valence-corrected chi connectivity index (χ1v) is 7.55. The van der Waals surface area contributed by atoms with Crippen LogP contribution in [0.25, 0.3) is 10.6 Å². The predicted octanol–water partition coefficient (Wildman–Crippen LogP) is 1.90. The Hall–Kier alpha value is -2.00. The van der Waals surface area contributed by atoms with Crippen molar-refractivity contribution in [2.45, 2.75) is 13.5 Å². The number of nitrogens with one attached hydrogen (secondary N) is 1. The van der Waals surface area contributed by atoms with E-state index in [1.165, 1.54) is 11.5 Å². The highest BCUT2D eigenvalue weighted by Gasteiger charge is 2.17. The van der Waals surface area contributed by atoms with Gasteiger partial charge in [-0.1, -0.05) is 0 Å². The molecule has 3 heterocycles. The third-order valence-corrected chi connectivity index (χ3v) is 4.56. The standard InChI is InChI=1S/C11H13N7S2/c1-6-4-19-11(15-6)8-9(12)17-20-10(8)13-3-7-16-14-5-18(7)2/h4-5,13H,3H2,1-2H3,(H2,12,17). The summed E-state index contributed by atoms with van der Waals surface area (Å²) >= 11 is 2.90. The van der Waals surface area contributed by atoms with E-state index in [0.717, 1.165) is 27.1 Å². The van der Waals surface area contributed by atoms with Crippen molar-refractivity contribution in [1.82, 2.24) is 24.1 Å². The minimum Gasteiger partial charge on any atom is -0.382 e. The number of nitrogen functional groups attached to an aromatic ring is 1. The Labute approximate surface area is 123 Å². The van der Waals surface area contributed by atoms with Gasteiger partial charge in [0.15, 0.2) is 5.82 Å². The molecule has 20 heavy (non-hydrogen) atoms. The number of aryl methyl sites for hydroxylation is 2. The summed E-state index contributed by atoms with van der Waals surface area (Å²) in [4.78, 5) is 4.47. The van der Waals surface area contributed by atoms with Crippen molar-refractivity contribution in [2.24, 2.45) is 7.05 Å². The van der Waals surface area contributed by atoms with Crippen molar-refractivity contribution in [2.75, 3.05) is 11.1 Å². The maximum absolute atomic E-state index is 5.95. The van der Waals surface area contributed by atoms with E-state index in [2.05, 4.69) is 24.9 Å². The first-order valence-electron chi connectivity index (χ1n) is 5.89. The average molecular weight is 307 g/mol. The van der Waals surface area contributed by atoms with Gasteiger partial charge < -0.3 is 15.6 Å². The summed E-state index contributed by atoms with van der Waals surface area (Å²) in [5.41, 5.74) is 7.81. The van der Waals surface area contributed by atoms with Crippen molar-refractivity contribution in [3.8, 4) is 10.6 Å². The number of nitrogens with zero attached hydrogens (tertiary/aromatic N) is 5. The van der Waals surface area contributed by atoms with Crippen molar-refractivity contribution >= 4 is 33.7 Å². The van der Waals surface area contributed by atoms with E-state index in [0.29, 0.717) is 12.4 Å². The molecule has 0 unspecified atom stereocenters. The molecule has 3 aromatic rings. The fraction of sp³-hybridized carbons (Fsp3) is 0.273. The van der Waals surface area contributed by atoms with Crippen molar-refractivity contribution in [3.05, 3.63) is 23.2 Å². The van der Waals surface area contributed by atoms with Gasteiger partial charge in [0.05, 0.1) is 12.1 Å². The SMILES string of the molecule is Cc1csc(-c2c(N)nsc2NCc2nncn2C)n1. The number of aromatic nitrogens is 5. The zero-order valence-corrected chi connectivity index (χ0v) is 12.6. The van der Waals surface area contributed by atoms with Crippen LogP contribution in [-0.2, 0) is 13.6 Å². The fourth-order valence-corrected chi connectivity index (χ4v) is 3.36. The maximum atomic E-state index is 5.95. The van der Waals surface area contributed by atoms with Crippen LogP contribution in [0, 0.1) is 6.92 Å². The second-order valence-electron chi connectivity index (χ2n) is 4.28. The monoisotopic (exact) mass is 307 g/mol. The molecule has 9 heteroatoms. The summed E-state index contributed by atoms with van der Waals surface area (Å²) in [6, 6.07) is 0. The molecule has 0 saturated heterocycles. The van der Waals surface area contributed by atoms with Gasteiger partial charge in [0.1, 0.15) is 22.2 Å². The molecule has 0 aromatic carbocycles. The van der Waals surface area contributed by atoms with Gasteiger partial charge in [0, 0.05) is 18.1 Å². The first-order chi connectivity index (χ1) is 9.65. The van der Waals surface area contributed by atoms with Gasteiger partial charge in [-0.05, 0) is 18.5 Å².